The normalized spacial score (nSPS) is 9.75. The Kier molecular flexibility index (Phi) is 4.18. The summed E-state index contributed by atoms with van der Waals surface area (Å²) >= 11 is 0. The van der Waals surface area contributed by atoms with E-state index >= 15 is 0 Å². The smallest absolute Gasteiger partial charge is 0.258 e. The highest BCUT2D eigenvalue weighted by Gasteiger charge is 2.10. The molecule has 2 rings (SSSR count). The zero-order valence-electron chi connectivity index (χ0n) is 11.4. The lowest BCUT2D eigenvalue weighted by molar-refractivity contribution is 0.102. The van der Waals surface area contributed by atoms with Gasteiger partial charge in [0.25, 0.3) is 5.91 Å². The quantitative estimate of drug-likeness (QED) is 0.815. The summed E-state index contributed by atoms with van der Waals surface area (Å²) in [5.41, 5.74) is 8.28. The van der Waals surface area contributed by atoms with Crippen LogP contribution in [0.3, 0.4) is 0 Å². The van der Waals surface area contributed by atoms with Gasteiger partial charge >= 0.3 is 0 Å². The van der Waals surface area contributed by atoms with Crippen molar-refractivity contribution in [3.8, 4) is 11.8 Å². The van der Waals surface area contributed by atoms with Gasteiger partial charge in [0.1, 0.15) is 0 Å². The predicted octanol–water partition coefficient (Wildman–Crippen LogP) is 1.85. The van der Waals surface area contributed by atoms with Crippen LogP contribution >= 0.6 is 0 Å². The van der Waals surface area contributed by atoms with E-state index in [0.717, 1.165) is 11.1 Å². The molecule has 0 atom stereocenters. The van der Waals surface area contributed by atoms with Crippen LogP contribution in [0, 0.1) is 25.7 Å². The van der Waals surface area contributed by atoms with E-state index in [1.165, 1.54) is 0 Å². The van der Waals surface area contributed by atoms with Gasteiger partial charge in [0.15, 0.2) is 0 Å². The number of carbonyl (C=O) groups excluding carboxylic acids is 1. The lowest BCUT2D eigenvalue weighted by Crippen LogP contribution is -2.11. The van der Waals surface area contributed by atoms with Gasteiger partial charge < -0.3 is 10.3 Å². The topological polar surface area (TPSA) is 81.2 Å². The number of hydrogen-bond donors (Lipinski definition) is 2. The van der Waals surface area contributed by atoms with Crippen LogP contribution in [0.1, 0.15) is 27.2 Å². The average molecular weight is 269 g/mol. The van der Waals surface area contributed by atoms with Crippen molar-refractivity contribution in [3.63, 3.8) is 0 Å². The van der Waals surface area contributed by atoms with Gasteiger partial charge in [-0.2, -0.15) is 0 Å². The fourth-order valence-electron chi connectivity index (χ4n) is 1.75. The van der Waals surface area contributed by atoms with Gasteiger partial charge in [0.2, 0.25) is 5.88 Å². The Morgan fingerprint density at radius 2 is 2.15 bits per heavy atom. The lowest BCUT2D eigenvalue weighted by Gasteiger charge is -2.04. The number of nitrogens with zero attached hydrogens (tertiary/aromatic N) is 1. The van der Waals surface area contributed by atoms with Gasteiger partial charge in [0, 0.05) is 17.2 Å². The van der Waals surface area contributed by atoms with Crippen LogP contribution in [0.4, 0.5) is 5.88 Å². The summed E-state index contributed by atoms with van der Waals surface area (Å²) in [7, 11) is 0. The highest BCUT2D eigenvalue weighted by Crippen LogP contribution is 2.13. The number of carbonyl (C=O) groups is 1. The minimum absolute atomic E-state index is 0.263. The van der Waals surface area contributed by atoms with Gasteiger partial charge in [-0.25, -0.2) is 0 Å². The molecule has 0 bridgehead atoms. The number of anilines is 1. The summed E-state index contributed by atoms with van der Waals surface area (Å²) in [6.07, 6.45) is 0. The zero-order valence-corrected chi connectivity index (χ0v) is 11.4. The van der Waals surface area contributed by atoms with Crippen LogP contribution in [-0.4, -0.2) is 17.6 Å². The Morgan fingerprint density at radius 1 is 1.35 bits per heavy atom. The first-order valence-electron chi connectivity index (χ1n) is 6.14. The Balaban J connectivity index is 2.23. The Bertz CT molecular complexity index is 693. The van der Waals surface area contributed by atoms with Crippen molar-refractivity contribution in [2.75, 3.05) is 11.9 Å². The van der Waals surface area contributed by atoms with Crippen LogP contribution in [0.25, 0.3) is 0 Å². The molecule has 0 saturated carbocycles. The summed E-state index contributed by atoms with van der Waals surface area (Å²) in [5, 5.41) is 6.36. The molecule has 0 aliphatic heterocycles. The maximum atomic E-state index is 12.1. The van der Waals surface area contributed by atoms with Gasteiger partial charge in [-0.3, -0.25) is 10.1 Å². The van der Waals surface area contributed by atoms with E-state index in [0.29, 0.717) is 17.1 Å². The number of aromatic nitrogens is 1. The molecular weight excluding hydrogens is 254 g/mol. The first kappa shape index (κ1) is 13.8. The molecule has 1 amide bonds. The van der Waals surface area contributed by atoms with Gasteiger partial charge in [-0.1, -0.05) is 17.0 Å². The molecule has 20 heavy (non-hydrogen) atoms. The molecule has 1 aromatic heterocycles. The monoisotopic (exact) mass is 269 g/mol. The minimum atomic E-state index is -0.263. The number of nitrogens with one attached hydrogen (secondary N) is 1. The molecular formula is C15H15N3O2. The molecule has 0 saturated heterocycles. The Hall–Kier alpha value is -2.58. The first-order valence-corrected chi connectivity index (χ1v) is 6.14. The second-order valence-electron chi connectivity index (χ2n) is 4.38. The number of aryl methyl sites for hydroxylation is 2. The van der Waals surface area contributed by atoms with Gasteiger partial charge in [-0.15, -0.1) is 0 Å². The molecule has 5 heteroatoms. The Morgan fingerprint density at radius 3 is 2.80 bits per heavy atom. The third-order valence-electron chi connectivity index (χ3n) is 2.54. The maximum Gasteiger partial charge on any atom is 0.258 e. The van der Waals surface area contributed by atoms with Crippen molar-refractivity contribution < 1.29 is 9.32 Å². The maximum absolute atomic E-state index is 12.1. The summed E-state index contributed by atoms with van der Waals surface area (Å²) < 4.78 is 4.96. The van der Waals surface area contributed by atoms with Crippen LogP contribution in [0.5, 0.6) is 0 Å². The third kappa shape index (κ3) is 3.46. The van der Waals surface area contributed by atoms with Gasteiger partial charge in [0.05, 0.1) is 12.2 Å². The Labute approximate surface area is 117 Å². The SMILES string of the molecule is Cc1cc(C#CCN)cc(C(=O)Nc2cc(C)no2)c1. The van der Waals surface area contributed by atoms with Crippen molar-refractivity contribution >= 4 is 11.8 Å². The number of rotatable bonds is 2. The van der Waals surface area contributed by atoms with E-state index in [9.17, 15) is 4.79 Å². The zero-order chi connectivity index (χ0) is 14.5. The molecule has 0 spiro atoms. The second kappa shape index (κ2) is 6.04. The summed E-state index contributed by atoms with van der Waals surface area (Å²) in [5.74, 6) is 5.75. The minimum Gasteiger partial charge on any atom is -0.338 e. The molecule has 3 N–H and O–H groups in total. The molecule has 0 radical (unpaired) electrons. The summed E-state index contributed by atoms with van der Waals surface area (Å²) in [6.45, 7) is 3.97. The van der Waals surface area contributed by atoms with Gasteiger partial charge in [-0.05, 0) is 37.6 Å². The number of hydrogen-bond acceptors (Lipinski definition) is 4. The highest BCUT2D eigenvalue weighted by molar-refractivity contribution is 6.03. The number of amides is 1. The van der Waals surface area contributed by atoms with Crippen molar-refractivity contribution in [3.05, 3.63) is 46.6 Å². The largest absolute Gasteiger partial charge is 0.338 e. The molecule has 2 aromatic rings. The third-order valence-corrected chi connectivity index (χ3v) is 2.54. The van der Waals surface area contributed by atoms with E-state index in [1.807, 2.05) is 13.0 Å². The van der Waals surface area contributed by atoms with Crippen molar-refractivity contribution in [2.45, 2.75) is 13.8 Å². The average Bonchev–Trinajstić information content (AvgIpc) is 2.81. The lowest BCUT2D eigenvalue weighted by atomic mass is 10.1. The molecule has 0 aliphatic carbocycles. The first-order chi connectivity index (χ1) is 9.58. The van der Waals surface area contributed by atoms with Crippen LogP contribution in [0.2, 0.25) is 0 Å². The second-order valence-corrected chi connectivity index (χ2v) is 4.38. The molecule has 0 aliphatic rings. The summed E-state index contributed by atoms with van der Waals surface area (Å²) in [6, 6.07) is 7.06. The van der Waals surface area contributed by atoms with Crippen molar-refractivity contribution in [2.24, 2.45) is 5.73 Å². The van der Waals surface area contributed by atoms with Crippen LogP contribution in [-0.2, 0) is 0 Å². The van der Waals surface area contributed by atoms with Crippen molar-refractivity contribution in [1.29, 1.82) is 0 Å². The number of benzene rings is 1. The molecule has 1 heterocycles. The van der Waals surface area contributed by atoms with E-state index in [-0.39, 0.29) is 12.5 Å². The van der Waals surface area contributed by atoms with E-state index < -0.39 is 0 Å². The summed E-state index contributed by atoms with van der Waals surface area (Å²) in [4.78, 5) is 12.1. The molecule has 5 nitrogen and oxygen atoms in total. The predicted molar refractivity (Wildman–Crippen MR) is 76.3 cm³/mol. The molecule has 0 fully saturated rings. The number of nitrogens with two attached hydrogens (primary N) is 1. The van der Waals surface area contributed by atoms with E-state index in [1.54, 1.807) is 25.1 Å². The fourth-order valence-corrected chi connectivity index (χ4v) is 1.75. The standard InChI is InChI=1S/C15H15N3O2/c1-10-6-12(4-3-5-16)9-13(7-10)15(19)17-14-8-11(2)18-20-14/h6-9H,5,16H2,1-2H3,(H,17,19). The highest BCUT2D eigenvalue weighted by atomic mass is 16.5. The fraction of sp³-hybridized carbons (Fsp3) is 0.200. The van der Waals surface area contributed by atoms with Crippen molar-refractivity contribution in [1.82, 2.24) is 5.16 Å². The molecule has 102 valence electrons. The molecule has 0 unspecified atom stereocenters. The van der Waals surface area contributed by atoms with Crippen LogP contribution < -0.4 is 11.1 Å². The molecule has 1 aromatic carbocycles. The van der Waals surface area contributed by atoms with Crippen LogP contribution in [0.15, 0.2) is 28.8 Å². The van der Waals surface area contributed by atoms with E-state index in [2.05, 4.69) is 22.3 Å². The van der Waals surface area contributed by atoms with E-state index in [4.69, 9.17) is 10.3 Å².